The lowest BCUT2D eigenvalue weighted by Crippen LogP contribution is -2.41. The molecule has 0 spiro atoms. The van der Waals surface area contributed by atoms with Crippen LogP contribution in [0.2, 0.25) is 0 Å². The molecule has 4 aromatic carbocycles. The van der Waals surface area contributed by atoms with Crippen molar-refractivity contribution in [2.45, 2.75) is 45.1 Å². The summed E-state index contributed by atoms with van der Waals surface area (Å²) in [5.74, 6) is -1.55. The average Bonchev–Trinajstić information content (AvgIpc) is 3.13. The van der Waals surface area contributed by atoms with Crippen LogP contribution in [0.3, 0.4) is 0 Å². The molecular formula is C38H41N5O5. The highest BCUT2D eigenvalue weighted by Gasteiger charge is 2.20. The van der Waals surface area contributed by atoms with Gasteiger partial charge < -0.3 is 31.5 Å². The molecule has 0 saturated heterocycles. The summed E-state index contributed by atoms with van der Waals surface area (Å²) in [6.07, 6.45) is 2.05. The first kappa shape index (κ1) is 35.3. The van der Waals surface area contributed by atoms with Crippen LogP contribution >= 0.6 is 0 Å². The topological polar surface area (TPSA) is 156 Å². The van der Waals surface area contributed by atoms with E-state index in [-0.39, 0.29) is 13.2 Å². The largest absolute Gasteiger partial charge is 0.480 e. The number of pyridine rings is 1. The quantitative estimate of drug-likeness (QED) is 0.0982. The van der Waals surface area contributed by atoms with Gasteiger partial charge in [-0.2, -0.15) is 0 Å². The lowest BCUT2D eigenvalue weighted by atomic mass is 10.1. The SMILES string of the molecule is NCc1cccc2ccccc12.O=C(NCc1ccc(C(=O)N[C@@H](CCCNCc2ccccn2)C(=O)O)cc1)OCc1ccccc1. The van der Waals surface area contributed by atoms with Crippen molar-refractivity contribution in [3.63, 3.8) is 0 Å². The van der Waals surface area contributed by atoms with E-state index in [4.69, 9.17) is 10.5 Å². The minimum absolute atomic E-state index is 0.177. The van der Waals surface area contributed by atoms with Gasteiger partial charge in [-0.15, -0.1) is 0 Å². The van der Waals surface area contributed by atoms with Gasteiger partial charge in [0.25, 0.3) is 5.91 Å². The number of rotatable bonds is 14. The Labute approximate surface area is 280 Å². The number of nitrogens with zero attached hydrogens (tertiary/aromatic N) is 1. The molecular weight excluding hydrogens is 606 g/mol. The second kappa shape index (κ2) is 19.2. The summed E-state index contributed by atoms with van der Waals surface area (Å²) >= 11 is 0. The maximum atomic E-state index is 12.5. The molecule has 248 valence electrons. The number of alkyl carbamates (subject to hydrolysis) is 1. The number of carboxylic acids is 1. The van der Waals surface area contributed by atoms with Gasteiger partial charge in [0.2, 0.25) is 0 Å². The maximum Gasteiger partial charge on any atom is 0.407 e. The summed E-state index contributed by atoms with van der Waals surface area (Å²) in [5, 5.41) is 20.5. The smallest absolute Gasteiger partial charge is 0.407 e. The normalized spacial score (nSPS) is 11.1. The number of nitrogens with one attached hydrogen (secondary N) is 3. The zero-order chi connectivity index (χ0) is 34.0. The second-order valence-corrected chi connectivity index (χ2v) is 11.0. The third-order valence-corrected chi connectivity index (χ3v) is 7.45. The van der Waals surface area contributed by atoms with Gasteiger partial charge in [-0.25, -0.2) is 9.59 Å². The summed E-state index contributed by atoms with van der Waals surface area (Å²) in [7, 11) is 0. The third-order valence-electron chi connectivity index (χ3n) is 7.45. The molecule has 48 heavy (non-hydrogen) atoms. The predicted octanol–water partition coefficient (Wildman–Crippen LogP) is 5.56. The number of fused-ring (bicyclic) bond motifs is 1. The number of aromatic nitrogens is 1. The van der Waals surface area contributed by atoms with E-state index in [2.05, 4.69) is 45.2 Å². The number of benzene rings is 4. The monoisotopic (exact) mass is 647 g/mol. The van der Waals surface area contributed by atoms with E-state index in [0.29, 0.717) is 38.0 Å². The van der Waals surface area contributed by atoms with Crippen LogP contribution in [0.4, 0.5) is 4.79 Å². The molecule has 10 nitrogen and oxygen atoms in total. The van der Waals surface area contributed by atoms with Crippen molar-refractivity contribution in [2.24, 2.45) is 5.73 Å². The molecule has 6 N–H and O–H groups in total. The number of carbonyl (C=O) groups is 3. The number of ether oxygens (including phenoxy) is 1. The minimum Gasteiger partial charge on any atom is -0.480 e. The summed E-state index contributed by atoms with van der Waals surface area (Å²) < 4.78 is 5.17. The Morgan fingerprint density at radius 2 is 1.52 bits per heavy atom. The summed E-state index contributed by atoms with van der Waals surface area (Å²) in [6.45, 7) is 2.22. The average molecular weight is 648 g/mol. The fraction of sp³-hybridized carbons (Fsp3) is 0.211. The lowest BCUT2D eigenvalue weighted by Gasteiger charge is -2.15. The van der Waals surface area contributed by atoms with Crippen molar-refractivity contribution in [2.75, 3.05) is 6.54 Å². The number of hydrogen-bond donors (Lipinski definition) is 5. The molecule has 2 amide bonds. The summed E-state index contributed by atoms with van der Waals surface area (Å²) in [4.78, 5) is 40.3. The van der Waals surface area contributed by atoms with Crippen LogP contribution in [0.5, 0.6) is 0 Å². The van der Waals surface area contributed by atoms with E-state index >= 15 is 0 Å². The Bertz CT molecular complexity index is 1730. The lowest BCUT2D eigenvalue weighted by molar-refractivity contribution is -0.139. The van der Waals surface area contributed by atoms with Crippen molar-refractivity contribution >= 4 is 28.7 Å². The van der Waals surface area contributed by atoms with Crippen LogP contribution in [-0.2, 0) is 35.8 Å². The summed E-state index contributed by atoms with van der Waals surface area (Å²) in [5.41, 5.74) is 9.74. The molecule has 0 fully saturated rings. The zero-order valence-electron chi connectivity index (χ0n) is 26.7. The van der Waals surface area contributed by atoms with Crippen LogP contribution in [0.25, 0.3) is 10.8 Å². The molecule has 5 aromatic rings. The van der Waals surface area contributed by atoms with E-state index in [9.17, 15) is 19.5 Å². The van der Waals surface area contributed by atoms with Gasteiger partial charge in [0.1, 0.15) is 12.6 Å². The van der Waals surface area contributed by atoms with Gasteiger partial charge in [0.15, 0.2) is 0 Å². The second-order valence-electron chi connectivity index (χ2n) is 11.0. The Morgan fingerprint density at radius 1 is 0.792 bits per heavy atom. The molecule has 0 aliphatic heterocycles. The van der Waals surface area contributed by atoms with Crippen molar-refractivity contribution < 1.29 is 24.2 Å². The number of aliphatic carboxylic acids is 1. The van der Waals surface area contributed by atoms with Gasteiger partial charge in [-0.1, -0.05) is 91.0 Å². The number of carbonyl (C=O) groups excluding carboxylic acids is 2. The van der Waals surface area contributed by atoms with Crippen LogP contribution in [0, 0.1) is 0 Å². The molecule has 10 heteroatoms. The van der Waals surface area contributed by atoms with Gasteiger partial charge in [0, 0.05) is 31.4 Å². The van der Waals surface area contributed by atoms with Gasteiger partial charge in [-0.3, -0.25) is 9.78 Å². The number of nitrogens with two attached hydrogens (primary N) is 1. The molecule has 5 rings (SSSR count). The highest BCUT2D eigenvalue weighted by molar-refractivity contribution is 5.96. The van der Waals surface area contributed by atoms with Crippen molar-refractivity contribution in [1.82, 2.24) is 20.9 Å². The van der Waals surface area contributed by atoms with E-state index in [1.165, 1.54) is 16.3 Å². The molecule has 0 aliphatic carbocycles. The Morgan fingerprint density at radius 3 is 2.25 bits per heavy atom. The standard InChI is InChI=1S/C27H30N4O5.C11H11N/c32-25(31-24(26(33)34)10-6-15-28-18-23-9-4-5-16-29-23)22-13-11-20(12-14-22)17-30-27(35)36-19-21-7-2-1-3-8-21;12-8-10-6-3-5-9-4-1-2-7-11(9)10/h1-5,7-9,11-14,16,24,28H,6,10,15,17-19H2,(H,30,35)(H,31,32)(H,33,34);1-7H,8,12H2/t24-;/m0./s1. The van der Waals surface area contributed by atoms with E-state index < -0.39 is 24.0 Å². The number of amides is 2. The molecule has 0 aliphatic rings. The molecule has 0 saturated carbocycles. The zero-order valence-corrected chi connectivity index (χ0v) is 26.7. The first-order valence-corrected chi connectivity index (χ1v) is 15.8. The molecule has 1 atom stereocenters. The molecule has 1 heterocycles. The molecule has 0 radical (unpaired) electrons. The van der Waals surface area contributed by atoms with E-state index in [0.717, 1.165) is 16.8 Å². The fourth-order valence-electron chi connectivity index (χ4n) is 4.84. The Kier molecular flexibility index (Phi) is 14.1. The maximum absolute atomic E-state index is 12.5. The first-order valence-electron chi connectivity index (χ1n) is 15.8. The Balaban J connectivity index is 0.000000360. The molecule has 0 unspecified atom stereocenters. The number of hydrogen-bond acceptors (Lipinski definition) is 7. The first-order chi connectivity index (χ1) is 23.4. The van der Waals surface area contributed by atoms with Crippen LogP contribution in [-0.4, -0.2) is 40.6 Å². The Hall–Kier alpha value is -5.58. The van der Waals surface area contributed by atoms with Crippen LogP contribution in [0.15, 0.2) is 121 Å². The van der Waals surface area contributed by atoms with Crippen LogP contribution in [0.1, 0.15) is 45.6 Å². The summed E-state index contributed by atoms with van der Waals surface area (Å²) in [6, 6.07) is 35.1. The van der Waals surface area contributed by atoms with E-state index in [1.807, 2.05) is 66.7 Å². The molecule has 1 aromatic heterocycles. The van der Waals surface area contributed by atoms with E-state index in [1.54, 1.807) is 30.5 Å². The fourth-order valence-corrected chi connectivity index (χ4v) is 4.84. The minimum atomic E-state index is -1.08. The number of carboxylic acid groups (broad SMARTS) is 1. The predicted molar refractivity (Wildman–Crippen MR) is 186 cm³/mol. The van der Waals surface area contributed by atoms with Gasteiger partial charge >= 0.3 is 12.1 Å². The van der Waals surface area contributed by atoms with Crippen molar-refractivity contribution in [1.29, 1.82) is 0 Å². The third kappa shape index (κ3) is 11.7. The van der Waals surface area contributed by atoms with Crippen molar-refractivity contribution in [3.05, 3.63) is 149 Å². The highest BCUT2D eigenvalue weighted by atomic mass is 16.5. The van der Waals surface area contributed by atoms with Crippen molar-refractivity contribution in [3.8, 4) is 0 Å². The highest BCUT2D eigenvalue weighted by Crippen LogP contribution is 2.17. The van der Waals surface area contributed by atoms with Gasteiger partial charge in [-0.05, 0) is 71.1 Å². The van der Waals surface area contributed by atoms with Gasteiger partial charge in [0.05, 0.1) is 5.69 Å². The van der Waals surface area contributed by atoms with Crippen LogP contribution < -0.4 is 21.7 Å². The molecule has 0 bridgehead atoms.